The Labute approximate surface area is 700 Å². The van der Waals surface area contributed by atoms with Crippen LogP contribution in [0.15, 0.2) is 421 Å². The van der Waals surface area contributed by atoms with E-state index in [0.29, 0.717) is 5.92 Å². The molecular formula is C110H92B2N4OS. The van der Waals surface area contributed by atoms with Crippen molar-refractivity contribution >= 4 is 104 Å². The van der Waals surface area contributed by atoms with Crippen molar-refractivity contribution in [1.82, 2.24) is 0 Å². The second kappa shape index (κ2) is 29.8. The van der Waals surface area contributed by atoms with E-state index in [1.807, 2.05) is 0 Å². The molecule has 5 nitrogen and oxygen atoms in total. The Bertz CT molecular complexity index is 6350. The lowest BCUT2D eigenvalue weighted by Gasteiger charge is -2.52. The first-order valence-corrected chi connectivity index (χ1v) is 43.0. The topological polar surface area (TPSA) is 22.2 Å². The maximum Gasteiger partial charge on any atom is 0.255 e. The number of ether oxygens (including phenoxy) is 1. The normalized spacial score (nSPS) is 18.6. The van der Waals surface area contributed by atoms with E-state index in [1.54, 1.807) is 0 Å². The van der Waals surface area contributed by atoms with Gasteiger partial charge in [-0.3, -0.25) is 0 Å². The summed E-state index contributed by atoms with van der Waals surface area (Å²) in [4.78, 5) is 11.8. The number of hydrogen-bond acceptors (Lipinski definition) is 6. The van der Waals surface area contributed by atoms with Gasteiger partial charge in [-0.05, 0) is 199 Å². The van der Waals surface area contributed by atoms with E-state index in [-0.39, 0.29) is 47.3 Å². The number of allylic oxidation sites excluding steroid dienone is 10. The van der Waals surface area contributed by atoms with E-state index in [9.17, 15) is 0 Å². The van der Waals surface area contributed by atoms with Gasteiger partial charge in [0.05, 0.1) is 23.1 Å². The highest BCUT2D eigenvalue weighted by molar-refractivity contribution is 8.00. The molecule has 4 aliphatic heterocycles. The standard InChI is InChI=1S/C110H92B2N4OS/c1-109(2,3)81-59-51-79(52-60-81)90-43-30-44-91(80-53-61-82(62-54-80)110(4,5)6)108(90)116-99-72-104-95(71-94(99)112-93-46-25-29-50-102(93)117-103-69-86(67-100(116)106(103)112)113(84-63-55-75(56-64-84)73-31-12-7-13-32-73)96-47-26-22-41-88(96)77-35-16-9-17-36-77)111-92-45-24-28-49-98(92)115(83-39-20-11-21-40-83)101-68-87(70-105(118-104)107(101)111)114(85-65-57-76(58-66-85)74-33-14-8-15-34-74)97-48-27-23-42-89(97)78-37-18-10-19-38-78/h7-53,55-59,61,63-72,81,91,95,104,108H,54,60,62H2,1-6H3. The molecule has 0 amide bonds. The average molecular weight is 1540 g/mol. The van der Waals surface area contributed by atoms with Crippen LogP contribution in [0.1, 0.15) is 60.8 Å². The lowest BCUT2D eigenvalue weighted by Crippen LogP contribution is -2.61. The minimum absolute atomic E-state index is 0.0164. The monoisotopic (exact) mass is 1540 g/mol. The third kappa shape index (κ3) is 12.9. The number of para-hydroxylation sites is 5. The first-order valence-electron chi connectivity index (χ1n) is 42.2. The minimum Gasteiger partial charge on any atom is -0.458 e. The van der Waals surface area contributed by atoms with E-state index in [1.165, 1.54) is 88.3 Å². The van der Waals surface area contributed by atoms with Gasteiger partial charge in [0, 0.05) is 78.8 Å². The van der Waals surface area contributed by atoms with E-state index in [2.05, 4.69) is 455 Å². The highest BCUT2D eigenvalue weighted by Crippen LogP contribution is 2.58. The summed E-state index contributed by atoms with van der Waals surface area (Å²) in [5.74, 6) is 2.14. The molecule has 0 spiro atoms. The van der Waals surface area contributed by atoms with Gasteiger partial charge in [-0.25, -0.2) is 0 Å². The summed E-state index contributed by atoms with van der Waals surface area (Å²) in [6.07, 6.45) is 28.6. The maximum absolute atomic E-state index is 7.76. The first-order chi connectivity index (χ1) is 57.8. The van der Waals surface area contributed by atoms with Crippen LogP contribution in [-0.4, -0.2) is 24.7 Å². The van der Waals surface area contributed by atoms with Gasteiger partial charge in [-0.15, -0.1) is 11.8 Å². The van der Waals surface area contributed by atoms with Crippen molar-refractivity contribution in [2.45, 2.75) is 82.8 Å². The number of anilines is 10. The summed E-state index contributed by atoms with van der Waals surface area (Å²) >= 11 is 2.06. The van der Waals surface area contributed by atoms with Crippen LogP contribution in [0.4, 0.5) is 56.9 Å². The van der Waals surface area contributed by atoms with Gasteiger partial charge in [-0.2, -0.15) is 0 Å². The Morgan fingerprint density at radius 2 is 0.992 bits per heavy atom. The van der Waals surface area contributed by atoms with E-state index in [4.69, 9.17) is 4.74 Å². The maximum atomic E-state index is 7.76. The number of fused-ring (bicyclic) bond motifs is 8. The van der Waals surface area contributed by atoms with Crippen LogP contribution in [0, 0.1) is 22.7 Å². The van der Waals surface area contributed by atoms with Crippen molar-refractivity contribution in [1.29, 1.82) is 0 Å². The molecule has 8 aliphatic rings. The van der Waals surface area contributed by atoms with Gasteiger partial charge in [0.15, 0.2) is 0 Å². The van der Waals surface area contributed by atoms with E-state index < -0.39 is 0 Å². The van der Waals surface area contributed by atoms with Crippen molar-refractivity contribution in [3.63, 3.8) is 0 Å². The van der Waals surface area contributed by atoms with Gasteiger partial charge >= 0.3 is 0 Å². The molecule has 570 valence electrons. The largest absolute Gasteiger partial charge is 0.458 e. The highest BCUT2D eigenvalue weighted by atomic mass is 32.2. The Hall–Kier alpha value is -12.7. The molecule has 5 unspecified atom stereocenters. The fourth-order valence-electron chi connectivity index (χ4n) is 20.1. The predicted molar refractivity (Wildman–Crippen MR) is 501 cm³/mol. The molecule has 8 heteroatoms. The summed E-state index contributed by atoms with van der Waals surface area (Å²) < 4.78 is 7.76. The van der Waals surface area contributed by atoms with Crippen molar-refractivity contribution in [3.05, 3.63) is 416 Å². The van der Waals surface area contributed by atoms with Crippen LogP contribution in [0.25, 0.3) is 44.5 Å². The molecule has 0 aromatic heterocycles. The van der Waals surface area contributed by atoms with E-state index >= 15 is 0 Å². The molecular weight excluding hydrogens is 1450 g/mol. The zero-order chi connectivity index (χ0) is 79.3. The average Bonchev–Trinajstić information content (AvgIpc) is 0.688. The number of rotatable bonds is 14. The Morgan fingerprint density at radius 1 is 0.449 bits per heavy atom. The molecule has 0 saturated heterocycles. The van der Waals surface area contributed by atoms with Crippen molar-refractivity contribution in [2.24, 2.45) is 22.7 Å². The molecule has 13 aromatic rings. The molecule has 4 heterocycles. The summed E-state index contributed by atoms with van der Waals surface area (Å²) in [6, 6.07) is 119. The quantitative estimate of drug-likeness (QED) is 0.101. The minimum atomic E-state index is -0.206. The Balaban J connectivity index is 0.830. The number of hydrogen-bond donors (Lipinski definition) is 0. The molecule has 0 fully saturated rings. The predicted octanol–water partition coefficient (Wildman–Crippen LogP) is 26.9. The van der Waals surface area contributed by atoms with Crippen molar-refractivity contribution in [3.8, 4) is 56.0 Å². The SMILES string of the molecule is CC(C)(C)C1=CC=C(C2C=CC=C(C3=CCC(C(C)(C)C)C=C3)C2N2C3=CC4Sc5cc(N(c6ccc(-c7ccccc7)cc6)c6ccccc6-c6ccccc6)cc6c5B(c5ccccc5N6c5ccccc5)C4C=C3B3c4ccccc4Oc4cc(N(c5ccc(-c6ccccc6)cc5)c5ccccc5-c5ccccc5)cc2c43)CC1. The van der Waals surface area contributed by atoms with Gasteiger partial charge in [0.25, 0.3) is 6.71 Å². The summed E-state index contributed by atoms with van der Waals surface area (Å²) in [5.41, 5.74) is 33.7. The molecule has 5 atom stereocenters. The zero-order valence-corrected chi connectivity index (χ0v) is 68.5. The lowest BCUT2D eigenvalue weighted by molar-refractivity contribution is 0.293. The summed E-state index contributed by atoms with van der Waals surface area (Å²) in [7, 11) is 0. The fourth-order valence-corrected chi connectivity index (χ4v) is 21.5. The molecule has 13 aromatic carbocycles. The number of thioether (sulfide) groups is 1. The zero-order valence-electron chi connectivity index (χ0n) is 67.6. The number of benzene rings is 13. The third-order valence-electron chi connectivity index (χ3n) is 26.0. The molecule has 0 saturated carbocycles. The van der Waals surface area contributed by atoms with Gasteiger partial charge in [0.2, 0.25) is 6.71 Å². The van der Waals surface area contributed by atoms with E-state index in [0.717, 1.165) is 104 Å². The van der Waals surface area contributed by atoms with Crippen molar-refractivity contribution < 1.29 is 4.74 Å². The first kappa shape index (κ1) is 72.9. The fraction of sp³-hybridized carbons (Fsp3) is 0.145. The van der Waals surface area contributed by atoms with Gasteiger partial charge in [-0.1, -0.05) is 344 Å². The highest BCUT2D eigenvalue weighted by Gasteiger charge is 2.54. The molecule has 0 bridgehead atoms. The third-order valence-corrected chi connectivity index (χ3v) is 27.3. The van der Waals surface area contributed by atoms with Crippen LogP contribution >= 0.6 is 11.8 Å². The summed E-state index contributed by atoms with van der Waals surface area (Å²) in [6.45, 7) is 14.1. The Kier molecular flexibility index (Phi) is 18.4. The van der Waals surface area contributed by atoms with Crippen LogP contribution in [0.3, 0.4) is 0 Å². The van der Waals surface area contributed by atoms with Crippen LogP contribution < -0.4 is 46.2 Å². The second-order valence-corrected chi connectivity index (χ2v) is 36.1. The Morgan fingerprint density at radius 3 is 1.58 bits per heavy atom. The molecule has 118 heavy (non-hydrogen) atoms. The second-order valence-electron chi connectivity index (χ2n) is 34.9. The molecule has 21 rings (SSSR count). The van der Waals surface area contributed by atoms with Gasteiger partial charge in [0.1, 0.15) is 11.5 Å². The summed E-state index contributed by atoms with van der Waals surface area (Å²) in [5, 5.41) is -0.0393. The molecule has 0 N–H and O–H groups in total. The lowest BCUT2D eigenvalue weighted by atomic mass is 9.27. The van der Waals surface area contributed by atoms with Crippen LogP contribution in [0.5, 0.6) is 11.5 Å². The molecule has 0 radical (unpaired) electrons. The van der Waals surface area contributed by atoms with Gasteiger partial charge < -0.3 is 24.3 Å². The number of nitrogens with zero attached hydrogens (tertiary/aromatic N) is 4. The van der Waals surface area contributed by atoms with Crippen molar-refractivity contribution in [2.75, 3.05) is 19.6 Å². The smallest absolute Gasteiger partial charge is 0.255 e. The van der Waals surface area contributed by atoms with Crippen LogP contribution in [-0.2, 0) is 0 Å². The molecule has 4 aliphatic carbocycles. The van der Waals surface area contributed by atoms with Crippen LogP contribution in [0.2, 0.25) is 5.82 Å².